The van der Waals surface area contributed by atoms with Gasteiger partial charge < -0.3 is 10.6 Å². The number of nitrogens with zero attached hydrogens (tertiary/aromatic N) is 4. The Bertz CT molecular complexity index is 1100. The largest absolute Gasteiger partial charge is 0.356 e. The number of hydrogen-bond donors (Lipinski definition) is 3. The minimum absolute atomic E-state index is 0.0107. The molecule has 172 valence electrons. The highest BCUT2D eigenvalue weighted by molar-refractivity contribution is 8.15. The van der Waals surface area contributed by atoms with E-state index in [1.54, 1.807) is 13.2 Å². The molecule has 33 heavy (non-hydrogen) atoms. The topological polar surface area (TPSA) is 105 Å². The van der Waals surface area contributed by atoms with E-state index in [4.69, 9.17) is 5.26 Å². The van der Waals surface area contributed by atoms with Crippen LogP contribution in [0, 0.1) is 23.1 Å². The molecule has 3 rings (SSSR count). The minimum atomic E-state index is -0.997. The van der Waals surface area contributed by atoms with Gasteiger partial charge in [0, 0.05) is 26.2 Å². The normalized spacial score (nSPS) is 17.8. The lowest BCUT2D eigenvalue weighted by Gasteiger charge is -2.35. The molecule has 0 saturated heterocycles. The fourth-order valence-electron chi connectivity index (χ4n) is 3.43. The predicted molar refractivity (Wildman–Crippen MR) is 124 cm³/mol. The fourth-order valence-corrected chi connectivity index (χ4v) is 4.85. The molecule has 11 heteroatoms. The van der Waals surface area contributed by atoms with Gasteiger partial charge in [0.25, 0.3) is 0 Å². The first-order valence-corrected chi connectivity index (χ1v) is 10.9. The maximum absolute atomic E-state index is 14.6. The third-order valence-electron chi connectivity index (χ3n) is 4.97. The van der Waals surface area contributed by atoms with Gasteiger partial charge in [-0.05, 0) is 36.6 Å². The van der Waals surface area contributed by atoms with Crippen molar-refractivity contribution in [3.8, 4) is 6.19 Å². The molecule has 0 aliphatic carbocycles. The number of nitrogens with one attached hydrogen (secondary N) is 3. The maximum atomic E-state index is 14.6. The van der Waals surface area contributed by atoms with Crippen LogP contribution in [-0.2, 0) is 4.87 Å². The van der Waals surface area contributed by atoms with E-state index in [-0.39, 0.29) is 10.6 Å². The highest BCUT2D eigenvalue weighted by Crippen LogP contribution is 2.50. The van der Waals surface area contributed by atoms with Crippen LogP contribution in [0.15, 0.2) is 58.6 Å². The van der Waals surface area contributed by atoms with E-state index in [2.05, 4.69) is 26.0 Å². The number of benzene rings is 2. The van der Waals surface area contributed by atoms with Gasteiger partial charge in [0.1, 0.15) is 21.5 Å². The Morgan fingerprint density at radius 3 is 2.70 bits per heavy atom. The summed E-state index contributed by atoms with van der Waals surface area (Å²) in [4.78, 5) is 15.8. The maximum Gasteiger partial charge on any atom is 0.339 e. The Kier molecular flexibility index (Phi) is 7.84. The van der Waals surface area contributed by atoms with Crippen LogP contribution in [0.2, 0.25) is 0 Å². The van der Waals surface area contributed by atoms with Crippen LogP contribution in [0.25, 0.3) is 0 Å². The zero-order valence-corrected chi connectivity index (χ0v) is 18.9. The van der Waals surface area contributed by atoms with Gasteiger partial charge in [-0.15, -0.1) is 0 Å². The molecule has 1 aliphatic rings. The molecule has 0 spiro atoms. The summed E-state index contributed by atoms with van der Waals surface area (Å²) in [7, 11) is 3.03. The van der Waals surface area contributed by atoms with E-state index in [0.717, 1.165) is 23.8 Å². The Morgan fingerprint density at radius 2 is 2.03 bits per heavy atom. The summed E-state index contributed by atoms with van der Waals surface area (Å²) in [5.74, 6) is -0.900. The molecule has 2 aromatic carbocycles. The Labute approximate surface area is 194 Å². The van der Waals surface area contributed by atoms with Crippen molar-refractivity contribution in [3.63, 3.8) is 0 Å². The average Bonchev–Trinajstić information content (AvgIpc) is 3.23. The Morgan fingerprint density at radius 1 is 1.27 bits per heavy atom. The number of carbonyl (C=O) groups is 1. The standard InChI is InChI=1S/C22H23F2N7OS/c1-26-20(29-14-25)28-12-6-11-22(15-7-4-3-5-8-15)31(21(32)27-2)30-19(33-22)17-13-16(23)9-10-18(17)24/h3-5,7-10,13H,6,11-12H2,1-2H3,(H,27,32)(H2,26,28,29). The molecule has 0 radical (unpaired) electrons. The molecule has 0 bridgehead atoms. The SMILES string of the molecule is CN=C(NC#N)NCCCC1(c2ccccc2)SC(c2cc(F)ccc2F)=NN1C(=O)NC. The van der Waals surface area contributed by atoms with E-state index in [9.17, 15) is 13.6 Å². The first kappa shape index (κ1) is 24.0. The molecule has 0 saturated carbocycles. The number of thioether (sulfide) groups is 1. The second-order valence-electron chi connectivity index (χ2n) is 6.99. The Balaban J connectivity index is 1.96. The van der Waals surface area contributed by atoms with E-state index in [1.165, 1.54) is 23.8 Å². The summed E-state index contributed by atoms with van der Waals surface area (Å²) < 4.78 is 28.4. The first-order valence-electron chi connectivity index (χ1n) is 10.1. The molecular formula is C22H23F2N7OS. The van der Waals surface area contributed by atoms with Crippen molar-refractivity contribution in [1.82, 2.24) is 21.0 Å². The lowest BCUT2D eigenvalue weighted by Crippen LogP contribution is -2.46. The van der Waals surface area contributed by atoms with Gasteiger partial charge in [-0.25, -0.2) is 13.6 Å². The van der Waals surface area contributed by atoms with Crippen molar-refractivity contribution in [1.29, 1.82) is 5.26 Å². The summed E-state index contributed by atoms with van der Waals surface area (Å²) in [6.45, 7) is 0.446. The lowest BCUT2D eigenvalue weighted by molar-refractivity contribution is 0.164. The van der Waals surface area contributed by atoms with Crippen LogP contribution in [0.5, 0.6) is 0 Å². The molecule has 2 amide bonds. The zero-order chi connectivity index (χ0) is 23.8. The van der Waals surface area contributed by atoms with Crippen molar-refractivity contribution in [3.05, 3.63) is 71.3 Å². The number of aliphatic imine (C=N–C) groups is 1. The Hall–Kier alpha value is -3.65. The lowest BCUT2D eigenvalue weighted by atomic mass is 10.0. The number of amides is 2. The second-order valence-corrected chi connectivity index (χ2v) is 8.25. The fraction of sp³-hybridized carbons (Fsp3) is 0.273. The van der Waals surface area contributed by atoms with Gasteiger partial charge in [-0.3, -0.25) is 10.3 Å². The van der Waals surface area contributed by atoms with E-state index >= 15 is 0 Å². The number of hydrazone groups is 1. The summed E-state index contributed by atoms with van der Waals surface area (Å²) in [6, 6.07) is 12.0. The van der Waals surface area contributed by atoms with Crippen molar-refractivity contribution in [2.75, 3.05) is 20.6 Å². The number of hydrogen-bond acceptors (Lipinski definition) is 5. The van der Waals surface area contributed by atoms with Gasteiger partial charge >= 0.3 is 6.03 Å². The highest BCUT2D eigenvalue weighted by Gasteiger charge is 2.48. The van der Waals surface area contributed by atoms with E-state index < -0.39 is 22.5 Å². The van der Waals surface area contributed by atoms with Crippen LogP contribution >= 0.6 is 11.8 Å². The van der Waals surface area contributed by atoms with E-state index in [0.29, 0.717) is 25.3 Å². The third kappa shape index (κ3) is 5.23. The van der Waals surface area contributed by atoms with Crippen molar-refractivity contribution >= 4 is 28.8 Å². The first-order chi connectivity index (χ1) is 15.9. The van der Waals surface area contributed by atoms with Crippen molar-refractivity contribution < 1.29 is 13.6 Å². The molecule has 0 aromatic heterocycles. The van der Waals surface area contributed by atoms with Crippen molar-refractivity contribution in [2.24, 2.45) is 10.1 Å². The molecule has 1 atom stereocenters. The minimum Gasteiger partial charge on any atom is -0.356 e. The smallest absolute Gasteiger partial charge is 0.339 e. The van der Waals surface area contributed by atoms with Crippen LogP contribution in [0.1, 0.15) is 24.0 Å². The number of guanidine groups is 1. The van der Waals surface area contributed by atoms with Crippen LogP contribution < -0.4 is 16.0 Å². The van der Waals surface area contributed by atoms with Gasteiger partial charge in [0.2, 0.25) is 5.96 Å². The van der Waals surface area contributed by atoms with Gasteiger partial charge in [0.05, 0.1) is 0 Å². The van der Waals surface area contributed by atoms with E-state index in [1.807, 2.05) is 30.3 Å². The van der Waals surface area contributed by atoms with Crippen LogP contribution in [0.3, 0.4) is 0 Å². The molecule has 0 fully saturated rings. The number of rotatable bonds is 6. The summed E-state index contributed by atoms with van der Waals surface area (Å²) >= 11 is 1.20. The molecule has 2 aromatic rings. The highest BCUT2D eigenvalue weighted by atomic mass is 32.2. The number of halogens is 2. The predicted octanol–water partition coefficient (Wildman–Crippen LogP) is 3.29. The third-order valence-corrected chi connectivity index (χ3v) is 6.42. The summed E-state index contributed by atoms with van der Waals surface area (Å²) in [5, 5.41) is 22.7. The molecule has 8 nitrogen and oxygen atoms in total. The molecule has 3 N–H and O–H groups in total. The number of urea groups is 1. The quantitative estimate of drug-likeness (QED) is 0.197. The average molecular weight is 472 g/mol. The van der Waals surface area contributed by atoms with Crippen LogP contribution in [-0.4, -0.2) is 42.7 Å². The van der Waals surface area contributed by atoms with Gasteiger partial charge in [-0.1, -0.05) is 42.1 Å². The molecule has 1 heterocycles. The monoisotopic (exact) mass is 471 g/mol. The summed E-state index contributed by atoms with van der Waals surface area (Å²) in [6.07, 6.45) is 2.78. The second kappa shape index (κ2) is 10.8. The van der Waals surface area contributed by atoms with Crippen molar-refractivity contribution in [2.45, 2.75) is 17.7 Å². The number of carbonyl (C=O) groups excluding carboxylic acids is 1. The van der Waals surface area contributed by atoms with Gasteiger partial charge in [-0.2, -0.15) is 15.4 Å². The van der Waals surface area contributed by atoms with Gasteiger partial charge in [0.15, 0.2) is 6.19 Å². The zero-order valence-electron chi connectivity index (χ0n) is 18.1. The molecule has 1 aliphatic heterocycles. The number of nitriles is 1. The molecule has 1 unspecified atom stereocenters. The summed E-state index contributed by atoms with van der Waals surface area (Å²) in [5.41, 5.74) is 0.775. The van der Waals surface area contributed by atoms with Crippen LogP contribution in [0.4, 0.5) is 13.6 Å². The molecular weight excluding hydrogens is 448 g/mol.